The van der Waals surface area contributed by atoms with Crippen molar-refractivity contribution < 1.29 is 9.53 Å². The van der Waals surface area contributed by atoms with E-state index < -0.39 is 0 Å². The van der Waals surface area contributed by atoms with Crippen LogP contribution in [-0.4, -0.2) is 40.6 Å². The predicted molar refractivity (Wildman–Crippen MR) is 81.5 cm³/mol. The fourth-order valence-corrected chi connectivity index (χ4v) is 2.67. The first-order valence-electron chi connectivity index (χ1n) is 8.32. The molecular weight excluding hydrogens is 282 g/mol. The molecular formula is C15H25N5O2. The summed E-state index contributed by atoms with van der Waals surface area (Å²) in [7, 11) is 0. The van der Waals surface area contributed by atoms with Gasteiger partial charge in [-0.15, -0.1) is 0 Å². The number of nitrogens with zero attached hydrogens (tertiary/aromatic N) is 3. The molecule has 0 radical (unpaired) electrons. The Morgan fingerprint density at radius 1 is 1.41 bits per heavy atom. The van der Waals surface area contributed by atoms with Crippen LogP contribution < -0.4 is 10.6 Å². The number of hydrogen-bond donors (Lipinski definition) is 2. The van der Waals surface area contributed by atoms with Crippen LogP contribution in [-0.2, 0) is 17.7 Å². The average molecular weight is 307 g/mol. The molecule has 7 nitrogen and oxygen atoms in total. The number of carbonyl (C=O) groups excluding carboxylic acids is 1. The summed E-state index contributed by atoms with van der Waals surface area (Å²) in [5.74, 6) is 2.48. The second-order valence-electron chi connectivity index (χ2n) is 6.08. The Kier molecular flexibility index (Phi) is 4.92. The summed E-state index contributed by atoms with van der Waals surface area (Å²) in [6.07, 6.45) is 5.31. The average Bonchev–Trinajstić information content (AvgIpc) is 3.23. The lowest BCUT2D eigenvalue weighted by Gasteiger charge is -2.23. The summed E-state index contributed by atoms with van der Waals surface area (Å²) in [4.78, 5) is 16.5. The first kappa shape index (κ1) is 15.3. The Balaban J connectivity index is 1.42. The minimum absolute atomic E-state index is 0.0473. The summed E-state index contributed by atoms with van der Waals surface area (Å²) in [5.41, 5.74) is 0. The third-order valence-corrected chi connectivity index (χ3v) is 4.12. The van der Waals surface area contributed by atoms with Gasteiger partial charge in [-0.05, 0) is 31.6 Å². The van der Waals surface area contributed by atoms with Gasteiger partial charge >= 0.3 is 6.03 Å². The van der Waals surface area contributed by atoms with Gasteiger partial charge in [0.05, 0.1) is 12.6 Å². The van der Waals surface area contributed by atoms with E-state index in [9.17, 15) is 4.79 Å². The van der Waals surface area contributed by atoms with Crippen LogP contribution in [0, 0.1) is 5.92 Å². The van der Waals surface area contributed by atoms with Crippen molar-refractivity contribution in [2.24, 2.45) is 5.92 Å². The van der Waals surface area contributed by atoms with Gasteiger partial charge in [0, 0.05) is 26.1 Å². The van der Waals surface area contributed by atoms with Crippen LogP contribution in [0.4, 0.5) is 4.79 Å². The number of hydrogen-bond acceptors (Lipinski definition) is 4. The van der Waals surface area contributed by atoms with Gasteiger partial charge in [0.25, 0.3) is 0 Å². The molecule has 2 aliphatic rings. The zero-order chi connectivity index (χ0) is 15.4. The maximum absolute atomic E-state index is 12.0. The van der Waals surface area contributed by atoms with Crippen molar-refractivity contribution in [3.63, 3.8) is 0 Å². The number of amides is 2. The standard InChI is InChI=1S/C15H25N5O2/c1-2-13-18-14-12(4-3-8-20(14)19-13)17-15(21)16-7-9-22-10-11-5-6-11/h11-12H,2-10H2,1H3,(H2,16,17,21). The summed E-state index contributed by atoms with van der Waals surface area (Å²) >= 11 is 0. The van der Waals surface area contributed by atoms with Crippen molar-refractivity contribution in [3.8, 4) is 0 Å². The molecule has 22 heavy (non-hydrogen) atoms. The highest BCUT2D eigenvalue weighted by atomic mass is 16.5. The van der Waals surface area contributed by atoms with E-state index in [1.807, 2.05) is 11.6 Å². The highest BCUT2D eigenvalue weighted by Crippen LogP contribution is 2.28. The Morgan fingerprint density at radius 3 is 3.05 bits per heavy atom. The van der Waals surface area contributed by atoms with Gasteiger partial charge < -0.3 is 15.4 Å². The highest BCUT2D eigenvalue weighted by Gasteiger charge is 2.25. The maximum Gasteiger partial charge on any atom is 0.315 e. The molecule has 2 N–H and O–H groups in total. The highest BCUT2D eigenvalue weighted by molar-refractivity contribution is 5.74. The van der Waals surface area contributed by atoms with E-state index in [1.165, 1.54) is 12.8 Å². The van der Waals surface area contributed by atoms with Gasteiger partial charge in [-0.2, -0.15) is 5.10 Å². The van der Waals surface area contributed by atoms with Gasteiger partial charge in [-0.1, -0.05) is 6.92 Å². The van der Waals surface area contributed by atoms with Crippen LogP contribution in [0.15, 0.2) is 0 Å². The van der Waals surface area contributed by atoms with Crippen molar-refractivity contribution >= 4 is 6.03 Å². The smallest absolute Gasteiger partial charge is 0.315 e. The third-order valence-electron chi connectivity index (χ3n) is 4.12. The molecule has 7 heteroatoms. The zero-order valence-electron chi connectivity index (χ0n) is 13.2. The first-order chi connectivity index (χ1) is 10.8. The van der Waals surface area contributed by atoms with E-state index in [0.29, 0.717) is 13.2 Å². The monoisotopic (exact) mass is 307 g/mol. The molecule has 1 atom stereocenters. The van der Waals surface area contributed by atoms with Crippen molar-refractivity contribution in [2.75, 3.05) is 19.8 Å². The minimum atomic E-state index is -0.158. The molecule has 0 spiro atoms. The van der Waals surface area contributed by atoms with E-state index in [0.717, 1.165) is 50.0 Å². The Labute approximate surface area is 130 Å². The molecule has 0 saturated heterocycles. The van der Waals surface area contributed by atoms with Gasteiger partial charge in [-0.3, -0.25) is 0 Å². The second-order valence-corrected chi connectivity index (χ2v) is 6.08. The van der Waals surface area contributed by atoms with E-state index >= 15 is 0 Å². The summed E-state index contributed by atoms with van der Waals surface area (Å²) in [5, 5.41) is 10.3. The fraction of sp³-hybridized carbons (Fsp3) is 0.800. The van der Waals surface area contributed by atoms with Crippen LogP contribution in [0.25, 0.3) is 0 Å². The van der Waals surface area contributed by atoms with Crippen LogP contribution in [0.5, 0.6) is 0 Å². The van der Waals surface area contributed by atoms with Gasteiger partial charge in [0.2, 0.25) is 0 Å². The van der Waals surface area contributed by atoms with Crippen molar-refractivity contribution in [1.82, 2.24) is 25.4 Å². The van der Waals surface area contributed by atoms with Crippen LogP contribution in [0.1, 0.15) is 50.3 Å². The SMILES string of the molecule is CCc1nc2n(n1)CCCC2NC(=O)NCCOCC1CC1. The van der Waals surface area contributed by atoms with Crippen LogP contribution >= 0.6 is 0 Å². The van der Waals surface area contributed by atoms with E-state index in [2.05, 4.69) is 20.7 Å². The van der Waals surface area contributed by atoms with E-state index in [1.54, 1.807) is 0 Å². The van der Waals surface area contributed by atoms with Gasteiger partial charge in [-0.25, -0.2) is 14.5 Å². The first-order valence-corrected chi connectivity index (χ1v) is 8.32. The summed E-state index contributed by atoms with van der Waals surface area (Å²) in [6.45, 7) is 4.87. The van der Waals surface area contributed by atoms with Gasteiger partial charge in [0.1, 0.15) is 5.82 Å². The minimum Gasteiger partial charge on any atom is -0.379 e. The molecule has 2 heterocycles. The number of ether oxygens (including phenoxy) is 1. The Bertz CT molecular complexity index is 512. The number of nitrogens with one attached hydrogen (secondary N) is 2. The lowest BCUT2D eigenvalue weighted by molar-refractivity contribution is 0.126. The van der Waals surface area contributed by atoms with Crippen molar-refractivity contribution in [3.05, 3.63) is 11.6 Å². The number of carbonyl (C=O) groups is 1. The fourth-order valence-electron chi connectivity index (χ4n) is 2.67. The van der Waals surface area contributed by atoms with Crippen LogP contribution in [0.2, 0.25) is 0 Å². The Hall–Kier alpha value is -1.63. The lowest BCUT2D eigenvalue weighted by atomic mass is 10.1. The number of rotatable bonds is 7. The van der Waals surface area contributed by atoms with Crippen molar-refractivity contribution in [1.29, 1.82) is 0 Å². The lowest BCUT2D eigenvalue weighted by Crippen LogP contribution is -2.41. The molecule has 1 aliphatic carbocycles. The molecule has 1 aliphatic heterocycles. The molecule has 122 valence electrons. The number of fused-ring (bicyclic) bond motifs is 1. The molecule has 2 amide bonds. The summed E-state index contributed by atoms with van der Waals surface area (Å²) < 4.78 is 7.43. The molecule has 3 rings (SSSR count). The molecule has 1 aromatic heterocycles. The van der Waals surface area contributed by atoms with Crippen LogP contribution in [0.3, 0.4) is 0 Å². The van der Waals surface area contributed by atoms with Crippen molar-refractivity contribution in [2.45, 2.75) is 51.6 Å². The molecule has 0 aromatic carbocycles. The maximum atomic E-state index is 12.0. The summed E-state index contributed by atoms with van der Waals surface area (Å²) in [6, 6.07) is -0.205. The number of aryl methyl sites for hydroxylation is 2. The topological polar surface area (TPSA) is 81.1 Å². The molecule has 1 saturated carbocycles. The number of urea groups is 1. The molecule has 0 bridgehead atoms. The molecule has 1 aromatic rings. The van der Waals surface area contributed by atoms with Gasteiger partial charge in [0.15, 0.2) is 5.82 Å². The molecule has 1 unspecified atom stereocenters. The largest absolute Gasteiger partial charge is 0.379 e. The predicted octanol–water partition coefficient (Wildman–Crippen LogP) is 1.40. The zero-order valence-corrected chi connectivity index (χ0v) is 13.2. The molecule has 1 fully saturated rings. The number of aromatic nitrogens is 3. The second kappa shape index (κ2) is 7.09. The quantitative estimate of drug-likeness (QED) is 0.746. The van der Waals surface area contributed by atoms with E-state index in [4.69, 9.17) is 4.74 Å². The third kappa shape index (κ3) is 3.97. The Morgan fingerprint density at radius 2 is 2.27 bits per heavy atom. The normalized spacial score (nSPS) is 20.5. The van der Waals surface area contributed by atoms with E-state index in [-0.39, 0.29) is 12.1 Å².